The molecule has 94 valence electrons. The Morgan fingerprint density at radius 1 is 1.33 bits per heavy atom. The number of primary amides is 1. The Morgan fingerprint density at radius 3 is 2.61 bits per heavy atom. The van der Waals surface area contributed by atoms with Crippen LogP contribution in [0.15, 0.2) is 30.5 Å². The summed E-state index contributed by atoms with van der Waals surface area (Å²) < 4.78 is 1.66. The number of amides is 1. The molecule has 0 aliphatic carbocycles. The van der Waals surface area contributed by atoms with E-state index in [0.29, 0.717) is 22.9 Å². The first-order chi connectivity index (χ1) is 8.49. The number of anilines is 1. The topological polar surface area (TPSA) is 86.9 Å². The number of nitrogens with two attached hydrogens (primary N) is 2. The molecule has 0 radical (unpaired) electrons. The van der Waals surface area contributed by atoms with Gasteiger partial charge in [-0.1, -0.05) is 13.8 Å². The van der Waals surface area contributed by atoms with Gasteiger partial charge in [-0.2, -0.15) is 5.10 Å². The lowest BCUT2D eigenvalue weighted by atomic mass is 10.1. The van der Waals surface area contributed by atoms with E-state index in [-0.39, 0.29) is 0 Å². The molecule has 1 aromatic heterocycles. The first-order valence-electron chi connectivity index (χ1n) is 5.74. The number of rotatable bonds is 3. The molecule has 1 heterocycles. The molecule has 0 spiro atoms. The van der Waals surface area contributed by atoms with Crippen molar-refractivity contribution in [2.45, 2.75) is 19.8 Å². The van der Waals surface area contributed by atoms with E-state index in [1.54, 1.807) is 22.9 Å². The molecule has 18 heavy (non-hydrogen) atoms. The first-order valence-corrected chi connectivity index (χ1v) is 5.74. The van der Waals surface area contributed by atoms with Gasteiger partial charge in [-0.3, -0.25) is 4.79 Å². The third-order valence-electron chi connectivity index (χ3n) is 2.76. The van der Waals surface area contributed by atoms with Gasteiger partial charge >= 0.3 is 0 Å². The number of hydrogen-bond donors (Lipinski definition) is 2. The van der Waals surface area contributed by atoms with Crippen LogP contribution < -0.4 is 11.5 Å². The third-order valence-corrected chi connectivity index (χ3v) is 2.76. The molecule has 0 aliphatic rings. The van der Waals surface area contributed by atoms with Crippen LogP contribution in [0.2, 0.25) is 0 Å². The normalized spacial score (nSPS) is 10.8. The summed E-state index contributed by atoms with van der Waals surface area (Å²) in [6.45, 7) is 4.13. The summed E-state index contributed by atoms with van der Waals surface area (Å²) in [6.07, 6.45) is 1.83. The molecular formula is C13H16N4O. The van der Waals surface area contributed by atoms with Crippen LogP contribution in [0.5, 0.6) is 0 Å². The number of hydrogen-bond acceptors (Lipinski definition) is 3. The van der Waals surface area contributed by atoms with E-state index in [1.807, 2.05) is 12.3 Å². The van der Waals surface area contributed by atoms with Gasteiger partial charge in [0.2, 0.25) is 5.91 Å². The molecule has 0 unspecified atom stereocenters. The van der Waals surface area contributed by atoms with Crippen molar-refractivity contribution in [3.8, 4) is 5.69 Å². The van der Waals surface area contributed by atoms with Crippen molar-refractivity contribution in [2.75, 3.05) is 5.73 Å². The predicted molar refractivity (Wildman–Crippen MR) is 70.6 cm³/mol. The summed E-state index contributed by atoms with van der Waals surface area (Å²) in [7, 11) is 0. The number of carbonyl (C=O) groups excluding carboxylic acids is 1. The molecule has 0 aliphatic heterocycles. The van der Waals surface area contributed by atoms with Crippen LogP contribution in [-0.4, -0.2) is 15.7 Å². The molecule has 4 N–H and O–H groups in total. The maximum Gasteiger partial charge on any atom is 0.248 e. The minimum atomic E-state index is -0.479. The van der Waals surface area contributed by atoms with E-state index in [2.05, 4.69) is 18.9 Å². The van der Waals surface area contributed by atoms with Gasteiger partial charge in [-0.25, -0.2) is 4.68 Å². The summed E-state index contributed by atoms with van der Waals surface area (Å²) in [4.78, 5) is 11.2. The van der Waals surface area contributed by atoms with Gasteiger partial charge in [0.05, 0.1) is 17.1 Å². The quantitative estimate of drug-likeness (QED) is 0.805. The summed E-state index contributed by atoms with van der Waals surface area (Å²) >= 11 is 0. The molecular weight excluding hydrogens is 228 g/mol. The third kappa shape index (κ3) is 2.20. The minimum Gasteiger partial charge on any atom is -0.397 e. The van der Waals surface area contributed by atoms with E-state index in [9.17, 15) is 4.79 Å². The van der Waals surface area contributed by atoms with Crippen molar-refractivity contribution in [3.05, 3.63) is 41.7 Å². The largest absolute Gasteiger partial charge is 0.397 e. The highest BCUT2D eigenvalue weighted by atomic mass is 16.1. The standard InChI is InChI=1S/C13H16N4O/c1-8(2)11-5-6-17(16-11)12-7-9(13(15)18)3-4-10(12)14/h3-8H,14H2,1-2H3,(H2,15,18). The average Bonchev–Trinajstić information content (AvgIpc) is 2.78. The number of benzene rings is 1. The molecule has 0 saturated heterocycles. The Bertz CT molecular complexity index is 586. The van der Waals surface area contributed by atoms with Gasteiger partial charge in [0, 0.05) is 11.8 Å². The van der Waals surface area contributed by atoms with Gasteiger partial charge < -0.3 is 11.5 Å². The van der Waals surface area contributed by atoms with Crippen LogP contribution in [0, 0.1) is 0 Å². The van der Waals surface area contributed by atoms with Crippen molar-refractivity contribution in [1.29, 1.82) is 0 Å². The van der Waals surface area contributed by atoms with Gasteiger partial charge in [-0.15, -0.1) is 0 Å². The van der Waals surface area contributed by atoms with Gasteiger partial charge in [0.1, 0.15) is 0 Å². The zero-order valence-electron chi connectivity index (χ0n) is 10.4. The van der Waals surface area contributed by atoms with Crippen molar-refractivity contribution < 1.29 is 4.79 Å². The van der Waals surface area contributed by atoms with Crippen LogP contribution in [0.25, 0.3) is 5.69 Å². The summed E-state index contributed by atoms with van der Waals surface area (Å²) in [5.41, 5.74) is 13.8. The predicted octanol–water partition coefficient (Wildman–Crippen LogP) is 1.68. The second-order valence-corrected chi connectivity index (χ2v) is 4.48. The highest BCUT2D eigenvalue weighted by Crippen LogP contribution is 2.20. The zero-order valence-corrected chi connectivity index (χ0v) is 10.4. The fourth-order valence-corrected chi connectivity index (χ4v) is 1.68. The molecule has 2 aromatic rings. The van der Waals surface area contributed by atoms with Crippen LogP contribution in [0.3, 0.4) is 0 Å². The molecule has 0 atom stereocenters. The highest BCUT2D eigenvalue weighted by Gasteiger charge is 2.09. The van der Waals surface area contributed by atoms with Crippen molar-refractivity contribution in [3.63, 3.8) is 0 Å². The summed E-state index contributed by atoms with van der Waals surface area (Å²) in [6, 6.07) is 6.84. The minimum absolute atomic E-state index is 0.340. The monoisotopic (exact) mass is 244 g/mol. The fourth-order valence-electron chi connectivity index (χ4n) is 1.68. The fraction of sp³-hybridized carbons (Fsp3) is 0.231. The Morgan fingerprint density at radius 2 is 2.06 bits per heavy atom. The molecule has 5 nitrogen and oxygen atoms in total. The lowest BCUT2D eigenvalue weighted by Crippen LogP contribution is -2.12. The zero-order chi connectivity index (χ0) is 13.3. The SMILES string of the molecule is CC(C)c1ccn(-c2cc(C(N)=O)ccc2N)n1. The lowest BCUT2D eigenvalue weighted by molar-refractivity contribution is 0.100. The lowest BCUT2D eigenvalue weighted by Gasteiger charge is -2.07. The van der Waals surface area contributed by atoms with Crippen LogP contribution in [-0.2, 0) is 0 Å². The van der Waals surface area contributed by atoms with E-state index in [1.165, 1.54) is 0 Å². The molecule has 0 bridgehead atoms. The molecule has 2 rings (SSSR count). The van der Waals surface area contributed by atoms with Crippen LogP contribution in [0.1, 0.15) is 35.8 Å². The highest BCUT2D eigenvalue weighted by molar-refractivity contribution is 5.94. The van der Waals surface area contributed by atoms with Gasteiger partial charge in [0.15, 0.2) is 0 Å². The second-order valence-electron chi connectivity index (χ2n) is 4.48. The van der Waals surface area contributed by atoms with Crippen LogP contribution in [0.4, 0.5) is 5.69 Å². The number of carbonyl (C=O) groups is 1. The molecule has 5 heteroatoms. The van der Waals surface area contributed by atoms with Crippen LogP contribution >= 0.6 is 0 Å². The summed E-state index contributed by atoms with van der Waals surface area (Å²) in [5.74, 6) is -0.140. The second kappa shape index (κ2) is 4.52. The van der Waals surface area contributed by atoms with E-state index >= 15 is 0 Å². The smallest absolute Gasteiger partial charge is 0.248 e. The molecule has 1 aromatic carbocycles. The Labute approximate surface area is 105 Å². The number of nitrogen functional groups attached to an aromatic ring is 1. The summed E-state index contributed by atoms with van der Waals surface area (Å²) in [5, 5.41) is 4.43. The van der Waals surface area contributed by atoms with Crippen molar-refractivity contribution in [2.24, 2.45) is 5.73 Å². The van der Waals surface area contributed by atoms with Crippen molar-refractivity contribution in [1.82, 2.24) is 9.78 Å². The Kier molecular flexibility index (Phi) is 3.06. The first kappa shape index (κ1) is 12.2. The van der Waals surface area contributed by atoms with E-state index < -0.39 is 5.91 Å². The Balaban J connectivity index is 2.48. The maximum absolute atomic E-state index is 11.2. The average molecular weight is 244 g/mol. The van der Waals surface area contributed by atoms with Gasteiger partial charge in [-0.05, 0) is 30.2 Å². The van der Waals surface area contributed by atoms with E-state index in [0.717, 1.165) is 5.69 Å². The Hall–Kier alpha value is -2.30. The number of nitrogens with zero attached hydrogens (tertiary/aromatic N) is 2. The van der Waals surface area contributed by atoms with E-state index in [4.69, 9.17) is 11.5 Å². The molecule has 0 fully saturated rings. The molecule has 1 amide bonds. The van der Waals surface area contributed by atoms with Crippen molar-refractivity contribution >= 4 is 11.6 Å². The number of aromatic nitrogens is 2. The molecule has 0 saturated carbocycles. The van der Waals surface area contributed by atoms with Gasteiger partial charge in [0.25, 0.3) is 0 Å². The maximum atomic E-state index is 11.2.